The Balaban J connectivity index is 1.35. The number of imide groups is 1. The molecule has 4 aromatic rings. The zero-order valence-corrected chi connectivity index (χ0v) is 26.0. The van der Waals surface area contributed by atoms with Gasteiger partial charge in [-0.2, -0.15) is 5.01 Å². The Bertz CT molecular complexity index is 1930. The van der Waals surface area contributed by atoms with Crippen molar-refractivity contribution in [1.82, 2.24) is 5.32 Å². The van der Waals surface area contributed by atoms with E-state index in [2.05, 4.69) is 10.4 Å². The van der Waals surface area contributed by atoms with Crippen molar-refractivity contribution in [3.8, 4) is 0 Å². The molecule has 6 rings (SSSR count). The molecule has 2 aliphatic heterocycles. The van der Waals surface area contributed by atoms with Gasteiger partial charge in [-0.05, 0) is 66.2 Å². The maximum Gasteiger partial charge on any atom is 0.282 e. The molecule has 4 amide bonds. The van der Waals surface area contributed by atoms with Crippen LogP contribution in [0.5, 0.6) is 0 Å². The van der Waals surface area contributed by atoms with Gasteiger partial charge >= 0.3 is 0 Å². The molecule has 9 nitrogen and oxygen atoms in total. The fourth-order valence-electron chi connectivity index (χ4n) is 4.95. The maximum absolute atomic E-state index is 13.8. The Kier molecular flexibility index (Phi) is 7.92. The first kappa shape index (κ1) is 30.1. The fraction of sp³-hybridized carbons (Fsp3) is 0.0606. The van der Waals surface area contributed by atoms with Gasteiger partial charge in [0.1, 0.15) is 5.69 Å². The monoisotopic (exact) mass is 657 g/mol. The lowest BCUT2D eigenvalue weighted by atomic mass is 10.1. The number of carbonyl (C=O) groups is 4. The minimum Gasteiger partial charge on any atom is -0.378 e. The molecular formula is C33H22Cl3N5O4. The van der Waals surface area contributed by atoms with Crippen LogP contribution in [0.1, 0.15) is 36.6 Å². The van der Waals surface area contributed by atoms with Crippen LogP contribution in [0.4, 0.5) is 17.1 Å². The Morgan fingerprint density at radius 1 is 0.800 bits per heavy atom. The molecule has 0 saturated carbocycles. The van der Waals surface area contributed by atoms with Gasteiger partial charge in [0.15, 0.2) is 5.84 Å². The van der Waals surface area contributed by atoms with Crippen molar-refractivity contribution in [1.29, 1.82) is 0 Å². The summed E-state index contributed by atoms with van der Waals surface area (Å²) in [5, 5.41) is 8.54. The third kappa shape index (κ3) is 5.57. The summed E-state index contributed by atoms with van der Waals surface area (Å²) in [6.45, 7) is 0. The van der Waals surface area contributed by atoms with E-state index >= 15 is 0 Å². The van der Waals surface area contributed by atoms with Crippen molar-refractivity contribution in [2.24, 2.45) is 5.10 Å². The number of amides is 4. The fourth-order valence-corrected chi connectivity index (χ4v) is 5.93. The summed E-state index contributed by atoms with van der Waals surface area (Å²) in [5.74, 6) is -2.26. The molecule has 1 N–H and O–H groups in total. The minimum absolute atomic E-state index is 0.0603. The smallest absolute Gasteiger partial charge is 0.282 e. The summed E-state index contributed by atoms with van der Waals surface area (Å²) in [7, 11) is 3.82. The number of anilines is 3. The van der Waals surface area contributed by atoms with Gasteiger partial charge < -0.3 is 10.2 Å². The second kappa shape index (κ2) is 11.9. The molecule has 0 saturated heterocycles. The Morgan fingerprint density at radius 3 is 2.02 bits per heavy atom. The molecule has 0 fully saturated rings. The normalized spacial score (nSPS) is 15.1. The number of benzene rings is 4. The van der Waals surface area contributed by atoms with Gasteiger partial charge in [-0.1, -0.05) is 65.1 Å². The molecule has 0 unspecified atom stereocenters. The Labute approximate surface area is 272 Å². The zero-order valence-electron chi connectivity index (χ0n) is 23.7. The number of carbonyl (C=O) groups excluding carboxylic acids is 4. The van der Waals surface area contributed by atoms with E-state index < -0.39 is 23.6 Å². The molecule has 0 aliphatic carbocycles. The number of rotatable bonds is 5. The number of nitrogens with zero attached hydrogens (tertiary/aromatic N) is 4. The van der Waals surface area contributed by atoms with Gasteiger partial charge in [-0.15, -0.1) is 5.10 Å². The molecule has 0 atom stereocenters. The van der Waals surface area contributed by atoms with Crippen LogP contribution >= 0.6 is 34.8 Å². The van der Waals surface area contributed by atoms with Crippen molar-refractivity contribution in [3.05, 3.63) is 128 Å². The van der Waals surface area contributed by atoms with Gasteiger partial charge in [0.25, 0.3) is 23.6 Å². The van der Waals surface area contributed by atoms with Crippen molar-refractivity contribution in [2.45, 2.75) is 0 Å². The van der Waals surface area contributed by atoms with Gasteiger partial charge in [0, 0.05) is 30.4 Å². The number of hydrazone groups is 1. The van der Waals surface area contributed by atoms with Crippen molar-refractivity contribution in [3.63, 3.8) is 0 Å². The topological polar surface area (TPSA) is 102 Å². The van der Waals surface area contributed by atoms with Crippen LogP contribution in [0.3, 0.4) is 0 Å². The second-order valence-corrected chi connectivity index (χ2v) is 11.6. The average Bonchev–Trinajstić information content (AvgIpc) is 3.44. The largest absolute Gasteiger partial charge is 0.378 e. The van der Waals surface area contributed by atoms with Crippen molar-refractivity contribution < 1.29 is 19.2 Å². The summed E-state index contributed by atoms with van der Waals surface area (Å²) in [6, 6.07) is 22.8. The second-order valence-electron chi connectivity index (χ2n) is 10.3. The summed E-state index contributed by atoms with van der Waals surface area (Å²) in [4.78, 5) is 56.4. The number of fused-ring (bicyclic) bond motifs is 1. The Hall–Kier alpha value is -4.96. The highest BCUT2D eigenvalue weighted by Gasteiger charge is 2.37. The SMILES string of the molecule is CN(C)c1ccc(C=C2C(=O)N(c3c(Cl)cc(Cl)cc3Cl)N=C2NC(=O)c2cccc(N3C(=O)c4ccccc4C3=O)c2)cc1. The highest BCUT2D eigenvalue weighted by atomic mass is 35.5. The van der Waals surface area contributed by atoms with Gasteiger partial charge in [0.2, 0.25) is 0 Å². The zero-order chi connectivity index (χ0) is 32.0. The number of halogens is 3. The predicted molar refractivity (Wildman–Crippen MR) is 177 cm³/mol. The maximum atomic E-state index is 13.8. The van der Waals surface area contributed by atoms with Gasteiger partial charge in [-0.3, -0.25) is 19.2 Å². The first-order valence-corrected chi connectivity index (χ1v) is 14.6. The van der Waals surface area contributed by atoms with Crippen LogP contribution in [0.2, 0.25) is 15.1 Å². The summed E-state index contributed by atoms with van der Waals surface area (Å²) in [6.07, 6.45) is 1.59. The molecule has 224 valence electrons. The van der Waals surface area contributed by atoms with Crippen molar-refractivity contribution >= 4 is 87.4 Å². The molecule has 0 spiro atoms. The number of hydrogen-bond donors (Lipinski definition) is 1. The Morgan fingerprint density at radius 2 is 1.42 bits per heavy atom. The van der Waals surface area contributed by atoms with E-state index in [9.17, 15) is 19.2 Å². The van der Waals surface area contributed by atoms with Gasteiger partial charge in [-0.25, -0.2) is 4.90 Å². The van der Waals surface area contributed by atoms with E-state index in [-0.39, 0.29) is 54.5 Å². The molecule has 0 bridgehead atoms. The molecular weight excluding hydrogens is 637 g/mol. The quantitative estimate of drug-likeness (QED) is 0.190. The van der Waals surface area contributed by atoms with E-state index in [1.807, 2.05) is 43.3 Å². The third-order valence-corrected chi connectivity index (χ3v) is 7.98. The van der Waals surface area contributed by atoms with E-state index in [4.69, 9.17) is 34.8 Å². The van der Waals surface area contributed by atoms with Crippen LogP contribution < -0.4 is 20.1 Å². The summed E-state index contributed by atoms with van der Waals surface area (Å²) < 4.78 is 0. The van der Waals surface area contributed by atoms with Crippen LogP contribution in [0, 0.1) is 0 Å². The first-order chi connectivity index (χ1) is 21.5. The van der Waals surface area contributed by atoms with Crippen LogP contribution in [-0.2, 0) is 4.79 Å². The molecule has 0 aromatic heterocycles. The molecule has 12 heteroatoms. The molecule has 45 heavy (non-hydrogen) atoms. The average molecular weight is 659 g/mol. The molecule has 0 radical (unpaired) electrons. The van der Waals surface area contributed by atoms with E-state index in [0.29, 0.717) is 5.56 Å². The van der Waals surface area contributed by atoms with E-state index in [1.165, 1.54) is 24.3 Å². The van der Waals surface area contributed by atoms with E-state index in [0.717, 1.165) is 15.6 Å². The lowest BCUT2D eigenvalue weighted by molar-refractivity contribution is -0.114. The molecule has 2 heterocycles. The lowest BCUT2D eigenvalue weighted by Crippen LogP contribution is -2.32. The highest BCUT2D eigenvalue weighted by molar-refractivity contribution is 6.44. The molecule has 2 aliphatic rings. The van der Waals surface area contributed by atoms with Gasteiger partial charge in [0.05, 0.1) is 32.4 Å². The van der Waals surface area contributed by atoms with Crippen molar-refractivity contribution in [2.75, 3.05) is 28.9 Å². The third-order valence-electron chi connectivity index (χ3n) is 7.18. The highest BCUT2D eigenvalue weighted by Crippen LogP contribution is 2.39. The van der Waals surface area contributed by atoms with Crippen LogP contribution in [0.25, 0.3) is 6.08 Å². The summed E-state index contributed by atoms with van der Waals surface area (Å²) in [5.41, 5.74) is 2.70. The number of amidine groups is 1. The number of nitrogens with one attached hydrogen (secondary N) is 1. The van der Waals surface area contributed by atoms with Crippen LogP contribution in [-0.4, -0.2) is 43.6 Å². The minimum atomic E-state index is -0.635. The first-order valence-electron chi connectivity index (χ1n) is 13.5. The summed E-state index contributed by atoms with van der Waals surface area (Å²) >= 11 is 18.9. The standard InChI is InChI=1S/C33H22Cl3N5O4/c1-39(2)21-12-10-18(11-13-21)14-25-29(38-41(33(25)45)28-26(35)16-20(34)17-27(28)36)37-30(42)19-6-5-7-22(15-19)40-31(43)23-8-3-4-9-24(23)32(40)44/h3-17H,1-2H3,(H,37,38,42). The van der Waals surface area contributed by atoms with Crippen LogP contribution in [0.15, 0.2) is 95.6 Å². The lowest BCUT2D eigenvalue weighted by Gasteiger charge is -2.15. The predicted octanol–water partition coefficient (Wildman–Crippen LogP) is 6.69. The van der Waals surface area contributed by atoms with E-state index in [1.54, 1.807) is 42.5 Å². The number of hydrogen-bond acceptors (Lipinski definition) is 6. The molecule has 4 aromatic carbocycles.